The van der Waals surface area contributed by atoms with E-state index in [0.29, 0.717) is 22.1 Å². The van der Waals surface area contributed by atoms with Crippen LogP contribution >= 0.6 is 11.6 Å². The summed E-state index contributed by atoms with van der Waals surface area (Å²) in [6.45, 7) is 3.55. The maximum absolute atomic E-state index is 12.4. The lowest BCUT2D eigenvalue weighted by Gasteiger charge is -2.10. The number of nitrogens with zero attached hydrogens (tertiary/aromatic N) is 3. The average molecular weight is 350 g/mol. The molecule has 3 aromatic rings. The van der Waals surface area contributed by atoms with Crippen molar-refractivity contribution in [2.45, 2.75) is 18.7 Å². The zero-order chi connectivity index (χ0) is 16.8. The molecule has 2 heterocycles. The standard InChI is InChI=1S/C16H16ClN3O2S/c1-4-23(21,22)14-8-11(17)5-6-12(14)15-19-13-7-10(2)9-18-16(13)20(15)3/h5-9H,4H2,1-3H3. The van der Waals surface area contributed by atoms with Crippen LogP contribution in [0.4, 0.5) is 0 Å². The summed E-state index contributed by atoms with van der Waals surface area (Å²) in [5, 5.41) is 0.383. The minimum atomic E-state index is -3.42. The molecule has 1 aromatic carbocycles. The third-order valence-electron chi connectivity index (χ3n) is 3.75. The third-order valence-corrected chi connectivity index (χ3v) is 5.75. The lowest BCUT2D eigenvalue weighted by molar-refractivity contribution is 0.597. The molecule has 23 heavy (non-hydrogen) atoms. The summed E-state index contributed by atoms with van der Waals surface area (Å²) < 4.78 is 26.6. The van der Waals surface area contributed by atoms with E-state index in [9.17, 15) is 8.42 Å². The fourth-order valence-electron chi connectivity index (χ4n) is 2.51. The maximum atomic E-state index is 12.4. The zero-order valence-corrected chi connectivity index (χ0v) is 14.6. The molecule has 5 nitrogen and oxygen atoms in total. The summed E-state index contributed by atoms with van der Waals surface area (Å²) in [6, 6.07) is 6.77. The van der Waals surface area contributed by atoms with Gasteiger partial charge in [-0.25, -0.2) is 18.4 Å². The Morgan fingerprint density at radius 2 is 2.00 bits per heavy atom. The fraction of sp³-hybridized carbons (Fsp3) is 0.250. The van der Waals surface area contributed by atoms with Crippen molar-refractivity contribution in [2.75, 3.05) is 5.75 Å². The Hall–Kier alpha value is -1.92. The van der Waals surface area contributed by atoms with Crippen LogP contribution in [0.2, 0.25) is 5.02 Å². The number of sulfone groups is 1. The van der Waals surface area contributed by atoms with Crippen LogP contribution in [0, 0.1) is 6.92 Å². The van der Waals surface area contributed by atoms with E-state index >= 15 is 0 Å². The van der Waals surface area contributed by atoms with Gasteiger partial charge < -0.3 is 4.57 Å². The number of pyridine rings is 1. The molecule has 0 saturated carbocycles. The number of rotatable bonds is 3. The van der Waals surface area contributed by atoms with Crippen LogP contribution in [-0.4, -0.2) is 28.7 Å². The molecule has 0 radical (unpaired) electrons. The molecule has 0 unspecified atom stereocenters. The van der Waals surface area contributed by atoms with Gasteiger partial charge >= 0.3 is 0 Å². The fourth-order valence-corrected chi connectivity index (χ4v) is 3.86. The second-order valence-electron chi connectivity index (χ2n) is 5.39. The topological polar surface area (TPSA) is 64.8 Å². The molecule has 120 valence electrons. The maximum Gasteiger partial charge on any atom is 0.178 e. The van der Waals surface area contributed by atoms with E-state index in [2.05, 4.69) is 9.97 Å². The molecule has 0 amide bonds. The average Bonchev–Trinajstić information content (AvgIpc) is 2.83. The minimum absolute atomic E-state index is 0.00163. The van der Waals surface area contributed by atoms with Gasteiger partial charge in [-0.3, -0.25) is 0 Å². The van der Waals surface area contributed by atoms with Crippen LogP contribution in [-0.2, 0) is 16.9 Å². The SMILES string of the molecule is CCS(=O)(=O)c1cc(Cl)ccc1-c1nc2cc(C)cnc2n1C. The van der Waals surface area contributed by atoms with Crippen LogP contribution in [0.15, 0.2) is 35.4 Å². The van der Waals surface area contributed by atoms with E-state index in [1.54, 1.807) is 29.8 Å². The first-order valence-electron chi connectivity index (χ1n) is 7.15. The van der Waals surface area contributed by atoms with Crippen LogP contribution in [0.25, 0.3) is 22.6 Å². The van der Waals surface area contributed by atoms with E-state index in [4.69, 9.17) is 11.6 Å². The Morgan fingerprint density at radius 1 is 1.26 bits per heavy atom. The number of aromatic nitrogens is 3. The molecule has 2 aromatic heterocycles. The van der Waals surface area contributed by atoms with Crippen molar-refractivity contribution in [1.82, 2.24) is 14.5 Å². The van der Waals surface area contributed by atoms with Crippen molar-refractivity contribution in [3.05, 3.63) is 41.0 Å². The van der Waals surface area contributed by atoms with Crippen LogP contribution in [0.3, 0.4) is 0 Å². The largest absolute Gasteiger partial charge is 0.312 e. The zero-order valence-electron chi connectivity index (χ0n) is 13.0. The molecule has 3 rings (SSSR count). The number of hydrogen-bond donors (Lipinski definition) is 0. The summed E-state index contributed by atoms with van der Waals surface area (Å²) >= 11 is 6.00. The summed E-state index contributed by atoms with van der Waals surface area (Å²) in [5.41, 5.74) is 2.98. The van der Waals surface area contributed by atoms with Crippen molar-refractivity contribution in [3.8, 4) is 11.4 Å². The van der Waals surface area contributed by atoms with E-state index < -0.39 is 9.84 Å². The van der Waals surface area contributed by atoms with Crippen molar-refractivity contribution < 1.29 is 8.42 Å². The summed E-state index contributed by atoms with van der Waals surface area (Å²) in [6.07, 6.45) is 1.76. The van der Waals surface area contributed by atoms with Gasteiger partial charge in [-0.05, 0) is 36.8 Å². The molecule has 0 atom stereocenters. The first-order valence-corrected chi connectivity index (χ1v) is 9.18. The van der Waals surface area contributed by atoms with Gasteiger partial charge in [0.1, 0.15) is 11.3 Å². The van der Waals surface area contributed by atoms with Crippen molar-refractivity contribution in [2.24, 2.45) is 7.05 Å². The monoisotopic (exact) mass is 349 g/mol. The summed E-state index contributed by atoms with van der Waals surface area (Å²) in [7, 11) is -1.60. The molecule has 0 aliphatic rings. The van der Waals surface area contributed by atoms with Gasteiger partial charge in [-0.1, -0.05) is 18.5 Å². The van der Waals surface area contributed by atoms with Gasteiger partial charge in [-0.15, -0.1) is 0 Å². The normalized spacial score (nSPS) is 12.0. The molecule has 0 aliphatic carbocycles. The smallest absolute Gasteiger partial charge is 0.178 e. The Balaban J connectivity index is 2.34. The molecule has 0 saturated heterocycles. The minimum Gasteiger partial charge on any atom is -0.312 e. The second-order valence-corrected chi connectivity index (χ2v) is 8.08. The van der Waals surface area contributed by atoms with Crippen LogP contribution < -0.4 is 0 Å². The van der Waals surface area contributed by atoms with E-state index in [0.717, 1.165) is 11.1 Å². The lowest BCUT2D eigenvalue weighted by atomic mass is 10.2. The number of benzene rings is 1. The Labute approximate surface area is 139 Å². The van der Waals surface area contributed by atoms with Gasteiger partial charge in [0.25, 0.3) is 0 Å². The van der Waals surface area contributed by atoms with E-state index in [1.165, 1.54) is 6.07 Å². The highest BCUT2D eigenvalue weighted by Crippen LogP contribution is 2.31. The lowest BCUT2D eigenvalue weighted by Crippen LogP contribution is -2.07. The molecule has 7 heteroatoms. The number of hydrogen-bond acceptors (Lipinski definition) is 4. The van der Waals surface area contributed by atoms with E-state index in [-0.39, 0.29) is 10.6 Å². The van der Waals surface area contributed by atoms with Crippen molar-refractivity contribution in [1.29, 1.82) is 0 Å². The molecule has 0 bridgehead atoms. The molecule has 0 aliphatic heterocycles. The van der Waals surface area contributed by atoms with Crippen LogP contribution in [0.1, 0.15) is 12.5 Å². The van der Waals surface area contributed by atoms with Gasteiger partial charge in [0.05, 0.1) is 10.6 Å². The highest BCUT2D eigenvalue weighted by Gasteiger charge is 2.22. The Morgan fingerprint density at radius 3 is 2.70 bits per heavy atom. The van der Waals surface area contributed by atoms with Gasteiger partial charge in [0, 0.05) is 23.8 Å². The predicted octanol–water partition coefficient (Wildman–Crippen LogP) is 3.39. The molecule has 0 spiro atoms. The van der Waals surface area contributed by atoms with Crippen molar-refractivity contribution in [3.63, 3.8) is 0 Å². The summed E-state index contributed by atoms with van der Waals surface area (Å²) in [4.78, 5) is 9.15. The number of imidazole rings is 1. The van der Waals surface area contributed by atoms with Gasteiger partial charge in [0.15, 0.2) is 15.5 Å². The summed E-state index contributed by atoms with van der Waals surface area (Å²) in [5.74, 6) is 0.559. The van der Waals surface area contributed by atoms with E-state index in [1.807, 2.05) is 20.0 Å². The quantitative estimate of drug-likeness (QED) is 0.727. The van der Waals surface area contributed by atoms with Gasteiger partial charge in [0.2, 0.25) is 0 Å². The highest BCUT2D eigenvalue weighted by atomic mass is 35.5. The number of aryl methyl sites for hydroxylation is 2. The predicted molar refractivity (Wildman–Crippen MR) is 91.4 cm³/mol. The Bertz CT molecular complexity index is 1010. The highest BCUT2D eigenvalue weighted by molar-refractivity contribution is 7.91. The first kappa shape index (κ1) is 16.0. The molecular weight excluding hydrogens is 334 g/mol. The van der Waals surface area contributed by atoms with Crippen LogP contribution in [0.5, 0.6) is 0 Å². The molecule has 0 N–H and O–H groups in total. The second kappa shape index (κ2) is 5.62. The van der Waals surface area contributed by atoms with Crippen molar-refractivity contribution >= 4 is 32.6 Å². The molecule has 0 fully saturated rings. The first-order chi connectivity index (χ1) is 10.8. The molecular formula is C16H16ClN3O2S. The van der Waals surface area contributed by atoms with Gasteiger partial charge in [-0.2, -0.15) is 0 Å². The number of halogens is 1. The third kappa shape index (κ3) is 2.72. The Kier molecular flexibility index (Phi) is 3.90. The number of fused-ring (bicyclic) bond motifs is 1.